The van der Waals surface area contributed by atoms with Crippen LogP contribution in [0.5, 0.6) is 5.75 Å². The fourth-order valence-electron chi connectivity index (χ4n) is 3.04. The zero-order chi connectivity index (χ0) is 19.6. The van der Waals surface area contributed by atoms with Crippen molar-refractivity contribution in [2.75, 3.05) is 33.4 Å². The maximum atomic E-state index is 14.1. The molecule has 1 aliphatic heterocycles. The molecule has 0 amide bonds. The molecule has 2 rings (SSSR count). The Hall–Kier alpha value is -1.23. The second-order valence-corrected chi connectivity index (χ2v) is 6.53. The fraction of sp³-hybridized carbons (Fsp3) is 0.632. The predicted molar refractivity (Wildman–Crippen MR) is 114 cm³/mol. The average Bonchev–Trinajstić information content (AvgIpc) is 2.65. The van der Waals surface area contributed by atoms with Crippen LogP contribution in [0.3, 0.4) is 0 Å². The van der Waals surface area contributed by atoms with Crippen LogP contribution in [-0.2, 0) is 11.3 Å². The van der Waals surface area contributed by atoms with E-state index in [4.69, 9.17) is 4.74 Å². The third-order valence-corrected chi connectivity index (χ3v) is 4.59. The first-order valence-corrected chi connectivity index (χ1v) is 9.30. The predicted octanol–water partition coefficient (Wildman–Crippen LogP) is 4.26. The highest BCUT2D eigenvalue weighted by Crippen LogP contribution is 2.24. The minimum atomic E-state index is -3.01. The van der Waals surface area contributed by atoms with E-state index in [-0.39, 0.29) is 41.8 Å². The lowest BCUT2D eigenvalue weighted by atomic mass is 9.96. The van der Waals surface area contributed by atoms with Crippen LogP contribution in [-0.4, -0.2) is 50.8 Å². The Morgan fingerprint density at radius 2 is 2.07 bits per heavy atom. The molecule has 28 heavy (non-hydrogen) atoms. The number of ether oxygens (including phenoxy) is 2. The van der Waals surface area contributed by atoms with E-state index in [1.807, 2.05) is 18.9 Å². The molecule has 0 atom stereocenters. The van der Waals surface area contributed by atoms with Crippen LogP contribution in [0.2, 0.25) is 0 Å². The summed E-state index contributed by atoms with van der Waals surface area (Å²) in [5.74, 6) is 0.435. The lowest BCUT2D eigenvalue weighted by molar-refractivity contribution is -0.0506. The molecule has 1 N–H and O–H groups in total. The first-order chi connectivity index (χ1) is 13.0. The van der Waals surface area contributed by atoms with E-state index >= 15 is 0 Å². The second-order valence-electron chi connectivity index (χ2n) is 6.53. The van der Waals surface area contributed by atoms with Gasteiger partial charge in [0, 0.05) is 33.4 Å². The van der Waals surface area contributed by atoms with E-state index in [1.54, 1.807) is 0 Å². The van der Waals surface area contributed by atoms with Gasteiger partial charge in [-0.05, 0) is 44.2 Å². The summed E-state index contributed by atoms with van der Waals surface area (Å²) in [7, 11) is 1.92. The molecule has 0 spiro atoms. The fourth-order valence-corrected chi connectivity index (χ4v) is 3.04. The number of hydrogen-bond acceptors (Lipinski definition) is 3. The maximum Gasteiger partial charge on any atom is 0.387 e. The monoisotopic (exact) mass is 515 g/mol. The van der Waals surface area contributed by atoms with Gasteiger partial charge in [0.1, 0.15) is 11.6 Å². The highest BCUT2D eigenvalue weighted by Gasteiger charge is 2.17. The standard InChI is InChI=1S/C19H28F3N3O2.HI/c1-3-23-19(25(2)10-7-14-8-11-26-12-9-14)24-13-15-16(20)5-4-6-17(15)27-18(21)22;/h4-6,14,18H,3,7-13H2,1-2H3,(H,23,24);1H. The molecule has 160 valence electrons. The van der Waals surface area contributed by atoms with Crippen molar-refractivity contribution >= 4 is 29.9 Å². The number of halogens is 4. The Morgan fingerprint density at radius 3 is 2.71 bits per heavy atom. The Balaban J connectivity index is 0.00000392. The summed E-state index contributed by atoms with van der Waals surface area (Å²) < 4.78 is 49.0. The summed E-state index contributed by atoms with van der Waals surface area (Å²) in [6.45, 7) is 1.91. The largest absolute Gasteiger partial charge is 0.434 e. The SMILES string of the molecule is CCNC(=NCc1c(F)cccc1OC(F)F)N(C)CCC1CCOCC1.I. The number of nitrogens with one attached hydrogen (secondary N) is 1. The number of aliphatic imine (C=N–C) groups is 1. The molecule has 0 bridgehead atoms. The van der Waals surface area contributed by atoms with Crippen molar-refractivity contribution in [3.05, 3.63) is 29.6 Å². The van der Waals surface area contributed by atoms with Crippen molar-refractivity contribution in [2.24, 2.45) is 10.9 Å². The van der Waals surface area contributed by atoms with Crippen LogP contribution in [0.15, 0.2) is 23.2 Å². The number of alkyl halides is 2. The first-order valence-electron chi connectivity index (χ1n) is 9.30. The van der Waals surface area contributed by atoms with E-state index in [1.165, 1.54) is 18.2 Å². The van der Waals surface area contributed by atoms with Gasteiger partial charge in [0.05, 0.1) is 12.1 Å². The van der Waals surface area contributed by atoms with E-state index < -0.39 is 12.4 Å². The van der Waals surface area contributed by atoms with Crippen molar-refractivity contribution in [2.45, 2.75) is 39.3 Å². The molecule has 1 saturated heterocycles. The van der Waals surface area contributed by atoms with Gasteiger partial charge in [-0.2, -0.15) is 8.78 Å². The summed E-state index contributed by atoms with van der Waals surface area (Å²) in [4.78, 5) is 6.40. The minimum absolute atomic E-state index is 0. The van der Waals surface area contributed by atoms with E-state index in [9.17, 15) is 13.2 Å². The van der Waals surface area contributed by atoms with Crippen molar-refractivity contribution in [3.63, 3.8) is 0 Å². The zero-order valence-corrected chi connectivity index (χ0v) is 18.6. The summed E-state index contributed by atoms with van der Waals surface area (Å²) in [6.07, 6.45) is 3.14. The molecule has 1 aliphatic rings. The van der Waals surface area contributed by atoms with Gasteiger partial charge in [-0.15, -0.1) is 24.0 Å². The topological polar surface area (TPSA) is 46.1 Å². The summed E-state index contributed by atoms with van der Waals surface area (Å²) in [6, 6.07) is 3.87. The zero-order valence-electron chi connectivity index (χ0n) is 16.3. The minimum Gasteiger partial charge on any atom is -0.434 e. The second kappa shape index (κ2) is 13.1. The molecule has 0 saturated carbocycles. The van der Waals surface area contributed by atoms with Crippen LogP contribution in [0, 0.1) is 11.7 Å². The van der Waals surface area contributed by atoms with E-state index in [0.29, 0.717) is 18.4 Å². The number of guanidine groups is 1. The van der Waals surface area contributed by atoms with Crippen molar-refractivity contribution < 1.29 is 22.6 Å². The van der Waals surface area contributed by atoms with Crippen LogP contribution >= 0.6 is 24.0 Å². The number of nitrogens with zero attached hydrogens (tertiary/aromatic N) is 2. The molecule has 5 nitrogen and oxygen atoms in total. The normalized spacial score (nSPS) is 15.3. The van der Waals surface area contributed by atoms with Crippen LogP contribution in [0.4, 0.5) is 13.2 Å². The molecule has 0 aromatic heterocycles. The summed E-state index contributed by atoms with van der Waals surface area (Å²) in [5.41, 5.74) is 0.0195. The number of rotatable bonds is 8. The molecule has 1 heterocycles. The Kier molecular flexibility index (Phi) is 11.6. The molecule has 1 aromatic rings. The van der Waals surface area contributed by atoms with Gasteiger partial charge in [-0.1, -0.05) is 6.07 Å². The lowest BCUT2D eigenvalue weighted by Gasteiger charge is -2.27. The third kappa shape index (κ3) is 8.02. The molecule has 1 aromatic carbocycles. The Morgan fingerprint density at radius 1 is 1.36 bits per heavy atom. The maximum absolute atomic E-state index is 14.1. The van der Waals surface area contributed by atoms with Crippen LogP contribution in [0.25, 0.3) is 0 Å². The van der Waals surface area contributed by atoms with Gasteiger partial charge in [0.15, 0.2) is 5.96 Å². The van der Waals surface area contributed by atoms with Gasteiger partial charge in [-0.3, -0.25) is 0 Å². The molecular weight excluding hydrogens is 486 g/mol. The van der Waals surface area contributed by atoms with Gasteiger partial charge >= 0.3 is 6.61 Å². The first kappa shape index (κ1) is 24.8. The van der Waals surface area contributed by atoms with Crippen LogP contribution in [0.1, 0.15) is 31.7 Å². The van der Waals surface area contributed by atoms with Gasteiger partial charge in [0.25, 0.3) is 0 Å². The Bertz CT molecular complexity index is 614. The summed E-state index contributed by atoms with van der Waals surface area (Å²) >= 11 is 0. The molecule has 9 heteroatoms. The summed E-state index contributed by atoms with van der Waals surface area (Å²) in [5, 5.41) is 3.16. The highest BCUT2D eigenvalue weighted by molar-refractivity contribution is 14.0. The molecule has 0 radical (unpaired) electrons. The quantitative estimate of drug-likeness (QED) is 0.320. The van der Waals surface area contributed by atoms with Crippen molar-refractivity contribution in [1.29, 1.82) is 0 Å². The highest BCUT2D eigenvalue weighted by atomic mass is 127. The van der Waals surface area contributed by atoms with Gasteiger partial charge in [-0.25, -0.2) is 9.38 Å². The molecule has 1 fully saturated rings. The molecule has 0 aliphatic carbocycles. The van der Waals surface area contributed by atoms with Crippen molar-refractivity contribution in [1.82, 2.24) is 10.2 Å². The number of hydrogen-bond donors (Lipinski definition) is 1. The van der Waals surface area contributed by atoms with Gasteiger partial charge in [0.2, 0.25) is 0 Å². The van der Waals surface area contributed by atoms with Gasteiger partial charge < -0.3 is 19.7 Å². The Labute approximate surface area is 181 Å². The molecular formula is C19H29F3IN3O2. The smallest absolute Gasteiger partial charge is 0.387 e. The van der Waals surface area contributed by atoms with Crippen molar-refractivity contribution in [3.8, 4) is 5.75 Å². The van der Waals surface area contributed by atoms with Crippen LogP contribution < -0.4 is 10.1 Å². The lowest BCUT2D eigenvalue weighted by Crippen LogP contribution is -2.40. The van der Waals surface area contributed by atoms with E-state index in [2.05, 4.69) is 15.0 Å². The average molecular weight is 515 g/mol. The molecule has 0 unspecified atom stereocenters. The number of benzene rings is 1. The third-order valence-electron chi connectivity index (χ3n) is 4.59. The van der Waals surface area contributed by atoms with E-state index in [0.717, 1.165) is 39.0 Å².